The monoisotopic (exact) mass is 251 g/mol. The van der Waals surface area contributed by atoms with Crippen LogP contribution in [0.4, 0.5) is 5.82 Å². The van der Waals surface area contributed by atoms with E-state index in [-0.39, 0.29) is 6.10 Å². The first-order valence-electron chi connectivity index (χ1n) is 6.64. The Balaban J connectivity index is 1.89. The number of anilines is 1. The van der Waals surface area contributed by atoms with Crippen LogP contribution in [0, 0.1) is 0 Å². The topological polar surface area (TPSA) is 67.3 Å². The van der Waals surface area contributed by atoms with Gasteiger partial charge in [0.1, 0.15) is 11.9 Å². The van der Waals surface area contributed by atoms with Gasteiger partial charge in [-0.05, 0) is 32.6 Å². The Kier molecular flexibility index (Phi) is 4.75. The number of aromatic nitrogens is 2. The lowest BCUT2D eigenvalue weighted by Gasteiger charge is -2.22. The second kappa shape index (κ2) is 6.54. The fraction of sp³-hybridized carbons (Fsp3) is 0.692. The number of aliphatic hydroxyl groups excluding tert-OH is 1. The van der Waals surface area contributed by atoms with Crippen molar-refractivity contribution in [3.63, 3.8) is 0 Å². The number of nitrogens with zero attached hydrogens (tertiary/aromatic N) is 2. The maximum Gasteiger partial charge on any atom is 0.234 e. The maximum absolute atomic E-state index is 9.20. The van der Waals surface area contributed by atoms with E-state index in [4.69, 9.17) is 4.74 Å². The lowest BCUT2D eigenvalue weighted by molar-refractivity contribution is 0.148. The van der Waals surface area contributed by atoms with Gasteiger partial charge in [0.15, 0.2) is 0 Å². The van der Waals surface area contributed by atoms with Crippen molar-refractivity contribution in [3.8, 4) is 5.88 Å². The number of nitrogens with one attached hydrogen (secondary N) is 1. The van der Waals surface area contributed by atoms with Crippen molar-refractivity contribution in [1.82, 2.24) is 9.97 Å². The summed E-state index contributed by atoms with van der Waals surface area (Å²) in [4.78, 5) is 8.43. The van der Waals surface area contributed by atoms with Crippen LogP contribution in [-0.2, 0) is 0 Å². The quantitative estimate of drug-likeness (QED) is 0.837. The van der Waals surface area contributed by atoms with Crippen molar-refractivity contribution in [1.29, 1.82) is 0 Å². The fourth-order valence-corrected chi connectivity index (χ4v) is 2.10. The third-order valence-electron chi connectivity index (χ3n) is 3.03. The standard InChI is InChI=1S/C13H21N3O2/c1-10(17)7-15-12-8-14-9-13(16-12)18-11-5-3-2-4-6-11/h8-11,17H,2-7H2,1H3,(H,15,16)/t10-/m1/s1. The summed E-state index contributed by atoms with van der Waals surface area (Å²) < 4.78 is 5.83. The van der Waals surface area contributed by atoms with E-state index in [1.54, 1.807) is 19.3 Å². The zero-order valence-electron chi connectivity index (χ0n) is 10.8. The highest BCUT2D eigenvalue weighted by molar-refractivity contribution is 5.33. The van der Waals surface area contributed by atoms with Crippen LogP contribution < -0.4 is 10.1 Å². The van der Waals surface area contributed by atoms with Crippen LogP contribution in [0.5, 0.6) is 5.88 Å². The molecule has 5 heteroatoms. The van der Waals surface area contributed by atoms with Gasteiger partial charge in [0.05, 0.1) is 18.5 Å². The smallest absolute Gasteiger partial charge is 0.234 e. The molecule has 1 aromatic heterocycles. The molecule has 0 aliphatic heterocycles. The summed E-state index contributed by atoms with van der Waals surface area (Å²) in [7, 11) is 0. The minimum atomic E-state index is -0.408. The van der Waals surface area contributed by atoms with Crippen LogP contribution in [0.15, 0.2) is 12.4 Å². The number of aliphatic hydroxyl groups is 1. The molecule has 0 aromatic carbocycles. The van der Waals surface area contributed by atoms with Crippen LogP contribution in [-0.4, -0.2) is 33.8 Å². The fourth-order valence-electron chi connectivity index (χ4n) is 2.10. The van der Waals surface area contributed by atoms with Crippen LogP contribution in [0.2, 0.25) is 0 Å². The van der Waals surface area contributed by atoms with Gasteiger partial charge in [-0.3, -0.25) is 4.98 Å². The van der Waals surface area contributed by atoms with Gasteiger partial charge in [-0.2, -0.15) is 4.98 Å². The lowest BCUT2D eigenvalue weighted by Crippen LogP contribution is -2.21. The van der Waals surface area contributed by atoms with E-state index in [0.717, 1.165) is 12.8 Å². The first-order valence-corrected chi connectivity index (χ1v) is 6.64. The van der Waals surface area contributed by atoms with Gasteiger partial charge >= 0.3 is 0 Å². The van der Waals surface area contributed by atoms with E-state index in [9.17, 15) is 5.11 Å². The van der Waals surface area contributed by atoms with E-state index in [1.165, 1.54) is 19.3 Å². The lowest BCUT2D eigenvalue weighted by atomic mass is 9.98. The molecule has 2 rings (SSSR count). The van der Waals surface area contributed by atoms with Crippen molar-refractivity contribution in [2.45, 2.75) is 51.2 Å². The van der Waals surface area contributed by atoms with Gasteiger partial charge in [-0.25, -0.2) is 0 Å². The molecule has 18 heavy (non-hydrogen) atoms. The molecule has 100 valence electrons. The van der Waals surface area contributed by atoms with Crippen molar-refractivity contribution >= 4 is 5.82 Å². The van der Waals surface area contributed by atoms with Gasteiger partial charge in [0.25, 0.3) is 0 Å². The number of hydrogen-bond donors (Lipinski definition) is 2. The minimum Gasteiger partial charge on any atom is -0.473 e. The second-order valence-electron chi connectivity index (χ2n) is 4.85. The normalized spacial score (nSPS) is 18.3. The summed E-state index contributed by atoms with van der Waals surface area (Å²) in [5, 5.41) is 12.2. The molecule has 1 saturated carbocycles. The molecule has 1 atom stereocenters. The Morgan fingerprint density at radius 2 is 2.17 bits per heavy atom. The average molecular weight is 251 g/mol. The highest BCUT2D eigenvalue weighted by Crippen LogP contribution is 2.22. The Bertz CT molecular complexity index is 365. The number of rotatable bonds is 5. The Morgan fingerprint density at radius 1 is 1.39 bits per heavy atom. The molecule has 1 aliphatic rings. The Hall–Kier alpha value is -1.36. The maximum atomic E-state index is 9.20. The molecule has 2 N–H and O–H groups in total. The second-order valence-corrected chi connectivity index (χ2v) is 4.85. The van der Waals surface area contributed by atoms with Gasteiger partial charge < -0.3 is 15.2 Å². The minimum absolute atomic E-state index is 0.278. The first-order chi connectivity index (χ1) is 8.74. The van der Waals surface area contributed by atoms with Crippen LogP contribution in [0.3, 0.4) is 0 Å². The zero-order chi connectivity index (χ0) is 12.8. The third kappa shape index (κ3) is 4.14. The summed E-state index contributed by atoms with van der Waals surface area (Å²) in [6.07, 6.45) is 9.13. The highest BCUT2D eigenvalue weighted by Gasteiger charge is 2.15. The van der Waals surface area contributed by atoms with Crippen LogP contribution in [0.1, 0.15) is 39.0 Å². The molecule has 0 unspecified atom stereocenters. The molecule has 1 heterocycles. The van der Waals surface area contributed by atoms with Crippen molar-refractivity contribution in [2.24, 2.45) is 0 Å². The van der Waals surface area contributed by atoms with Crippen molar-refractivity contribution < 1.29 is 9.84 Å². The largest absolute Gasteiger partial charge is 0.473 e. The molecule has 0 amide bonds. The molecule has 1 fully saturated rings. The first kappa shape index (κ1) is 13.1. The SMILES string of the molecule is C[C@@H](O)CNc1cncc(OC2CCCCC2)n1. The van der Waals surface area contributed by atoms with E-state index < -0.39 is 6.10 Å². The third-order valence-corrected chi connectivity index (χ3v) is 3.03. The number of hydrogen-bond acceptors (Lipinski definition) is 5. The van der Waals surface area contributed by atoms with Crippen LogP contribution >= 0.6 is 0 Å². The zero-order valence-corrected chi connectivity index (χ0v) is 10.8. The van der Waals surface area contributed by atoms with E-state index in [2.05, 4.69) is 15.3 Å². The highest BCUT2D eigenvalue weighted by atomic mass is 16.5. The molecule has 0 saturated heterocycles. The van der Waals surface area contributed by atoms with Gasteiger partial charge in [0.2, 0.25) is 5.88 Å². The Morgan fingerprint density at radius 3 is 2.89 bits per heavy atom. The number of ether oxygens (including phenoxy) is 1. The predicted octanol–water partition coefficient (Wildman–Crippen LogP) is 1.98. The van der Waals surface area contributed by atoms with Crippen molar-refractivity contribution in [2.75, 3.05) is 11.9 Å². The van der Waals surface area contributed by atoms with Gasteiger partial charge in [0, 0.05) is 6.54 Å². The molecule has 1 aliphatic carbocycles. The molecular formula is C13H21N3O2. The van der Waals surface area contributed by atoms with Crippen LogP contribution in [0.25, 0.3) is 0 Å². The summed E-state index contributed by atoms with van der Waals surface area (Å²) in [6, 6.07) is 0. The predicted molar refractivity (Wildman–Crippen MR) is 69.7 cm³/mol. The summed E-state index contributed by atoms with van der Waals surface area (Å²) in [6.45, 7) is 2.18. The Labute approximate surface area is 108 Å². The van der Waals surface area contributed by atoms with Crippen molar-refractivity contribution in [3.05, 3.63) is 12.4 Å². The molecule has 0 spiro atoms. The van der Waals surface area contributed by atoms with Gasteiger partial charge in [-0.1, -0.05) is 6.42 Å². The summed E-state index contributed by atoms with van der Waals surface area (Å²) in [5.74, 6) is 1.21. The molecule has 5 nitrogen and oxygen atoms in total. The summed E-state index contributed by atoms with van der Waals surface area (Å²) >= 11 is 0. The molecule has 0 bridgehead atoms. The summed E-state index contributed by atoms with van der Waals surface area (Å²) in [5.41, 5.74) is 0. The molecule has 1 aromatic rings. The molecule has 0 radical (unpaired) electrons. The van der Waals surface area contributed by atoms with Gasteiger partial charge in [-0.15, -0.1) is 0 Å². The molecular weight excluding hydrogens is 230 g/mol. The van der Waals surface area contributed by atoms with E-state index in [0.29, 0.717) is 18.2 Å². The van der Waals surface area contributed by atoms with E-state index in [1.807, 2.05) is 0 Å². The van der Waals surface area contributed by atoms with E-state index >= 15 is 0 Å². The average Bonchev–Trinajstić information content (AvgIpc) is 2.38.